The summed E-state index contributed by atoms with van der Waals surface area (Å²) in [6, 6.07) is 55.5. The SMILES string of the molecule is c1ccc([PH]2(c3ccccc3)CCN3c4ccccc4[PH](c4ccccc4)(c4ccccc4)[C@H]32)cc1. The Balaban J connectivity index is 1.64. The molecule has 0 radical (unpaired) electrons. The van der Waals surface area contributed by atoms with Gasteiger partial charge in [0.15, 0.2) is 0 Å². The van der Waals surface area contributed by atoms with Crippen LogP contribution in [0.25, 0.3) is 0 Å². The standard InChI is InChI=1S/C33H31NP2/c1-5-15-27(16-6-1)35(28-17-7-2-8-18-28)26-25-34-31-23-13-14-24-32(31)36(33(34)35,29-19-9-3-10-20-29)30-21-11-4-12-22-30/h1-24,33,35-36H,25-26H2/t33-/m1/s1. The van der Waals surface area contributed by atoms with Gasteiger partial charge in [0.05, 0.1) is 0 Å². The molecule has 2 aliphatic heterocycles. The van der Waals surface area contributed by atoms with Crippen LogP contribution >= 0.6 is 14.5 Å². The van der Waals surface area contributed by atoms with Crippen LogP contribution in [0.15, 0.2) is 146 Å². The Labute approximate surface area is 215 Å². The first-order valence-electron chi connectivity index (χ1n) is 12.9. The van der Waals surface area contributed by atoms with Gasteiger partial charge in [-0.3, -0.25) is 0 Å². The van der Waals surface area contributed by atoms with E-state index in [0.29, 0.717) is 5.52 Å². The summed E-state index contributed by atoms with van der Waals surface area (Å²) in [6.07, 6.45) is 1.24. The first-order chi connectivity index (χ1) is 17.9. The second-order valence-electron chi connectivity index (χ2n) is 10.1. The molecule has 0 aliphatic carbocycles. The fourth-order valence-corrected chi connectivity index (χ4v) is 23.0. The third-order valence-electron chi connectivity index (χ3n) is 8.61. The van der Waals surface area contributed by atoms with E-state index >= 15 is 0 Å². The molecule has 0 aromatic heterocycles. The van der Waals surface area contributed by atoms with Gasteiger partial charge in [0.25, 0.3) is 0 Å². The molecule has 1 nitrogen and oxygen atoms in total. The molecule has 0 N–H and O–H groups in total. The van der Waals surface area contributed by atoms with Gasteiger partial charge in [-0.15, -0.1) is 0 Å². The van der Waals surface area contributed by atoms with Crippen molar-refractivity contribution in [3.63, 3.8) is 0 Å². The van der Waals surface area contributed by atoms with Crippen molar-refractivity contribution in [1.82, 2.24) is 0 Å². The van der Waals surface area contributed by atoms with Crippen LogP contribution in [0.5, 0.6) is 0 Å². The fourth-order valence-electron chi connectivity index (χ4n) is 7.33. The molecule has 0 spiro atoms. The first-order valence-corrected chi connectivity index (χ1v) is 17.3. The number of fused-ring (bicyclic) bond motifs is 3. The number of para-hydroxylation sites is 1. The Kier molecular flexibility index (Phi) is 5.32. The molecule has 7 rings (SSSR count). The third kappa shape index (κ3) is 2.97. The molecular formula is C33H31NP2. The van der Waals surface area contributed by atoms with Gasteiger partial charge in [-0.25, -0.2) is 0 Å². The van der Waals surface area contributed by atoms with Crippen molar-refractivity contribution >= 4 is 46.7 Å². The molecule has 36 heavy (non-hydrogen) atoms. The van der Waals surface area contributed by atoms with Gasteiger partial charge >= 0.3 is 215 Å². The van der Waals surface area contributed by atoms with E-state index in [4.69, 9.17) is 0 Å². The molecular weight excluding hydrogens is 472 g/mol. The molecule has 0 bridgehead atoms. The predicted octanol–water partition coefficient (Wildman–Crippen LogP) is 5.23. The number of hydrogen-bond acceptors (Lipinski definition) is 1. The minimum atomic E-state index is -2.45. The molecule has 1 saturated heterocycles. The molecule has 1 atom stereocenters. The Morgan fingerprint density at radius 3 is 1.39 bits per heavy atom. The second kappa shape index (κ2) is 8.70. The van der Waals surface area contributed by atoms with Gasteiger partial charge in [0, 0.05) is 0 Å². The van der Waals surface area contributed by atoms with Gasteiger partial charge in [-0.05, 0) is 0 Å². The minimum absolute atomic E-state index is 0.469. The zero-order valence-corrected chi connectivity index (χ0v) is 22.3. The van der Waals surface area contributed by atoms with Gasteiger partial charge in [-0.2, -0.15) is 0 Å². The molecule has 0 saturated carbocycles. The van der Waals surface area contributed by atoms with E-state index in [-0.39, 0.29) is 0 Å². The average molecular weight is 504 g/mol. The van der Waals surface area contributed by atoms with Crippen LogP contribution in [0, 0.1) is 0 Å². The molecule has 2 heterocycles. The van der Waals surface area contributed by atoms with E-state index in [2.05, 4.69) is 150 Å². The van der Waals surface area contributed by atoms with E-state index in [9.17, 15) is 0 Å². The third-order valence-corrected chi connectivity index (χ3v) is 21.3. The van der Waals surface area contributed by atoms with Crippen LogP contribution in [0.4, 0.5) is 5.69 Å². The van der Waals surface area contributed by atoms with Crippen LogP contribution < -0.4 is 31.4 Å². The fraction of sp³-hybridized carbons (Fsp3) is 0.0909. The summed E-state index contributed by atoms with van der Waals surface area (Å²) in [4.78, 5) is 2.84. The van der Waals surface area contributed by atoms with Crippen molar-refractivity contribution in [3.8, 4) is 0 Å². The van der Waals surface area contributed by atoms with E-state index in [1.54, 1.807) is 15.9 Å². The number of hydrogen-bond donors (Lipinski definition) is 0. The van der Waals surface area contributed by atoms with Crippen molar-refractivity contribution in [2.75, 3.05) is 17.6 Å². The second-order valence-corrected chi connectivity index (χ2v) is 18.7. The van der Waals surface area contributed by atoms with Crippen molar-refractivity contribution in [1.29, 1.82) is 0 Å². The Bertz CT molecular complexity index is 1410. The van der Waals surface area contributed by atoms with E-state index < -0.39 is 14.5 Å². The summed E-state index contributed by atoms with van der Waals surface area (Å²) in [5, 5.41) is 7.78. The maximum absolute atomic E-state index is 2.84. The van der Waals surface area contributed by atoms with Crippen LogP contribution in [-0.2, 0) is 0 Å². The Morgan fingerprint density at radius 1 is 0.472 bits per heavy atom. The molecule has 3 heteroatoms. The van der Waals surface area contributed by atoms with Crippen LogP contribution in [-0.4, -0.2) is 18.2 Å². The Morgan fingerprint density at radius 2 is 0.889 bits per heavy atom. The van der Waals surface area contributed by atoms with Gasteiger partial charge < -0.3 is 0 Å². The summed E-state index contributed by atoms with van der Waals surface area (Å²) in [5.41, 5.74) is 1.93. The van der Waals surface area contributed by atoms with Crippen molar-refractivity contribution in [2.45, 2.75) is 5.52 Å². The summed E-state index contributed by atoms with van der Waals surface area (Å²) >= 11 is 0. The summed E-state index contributed by atoms with van der Waals surface area (Å²) < 4.78 is 0. The molecule has 2 aliphatic rings. The predicted molar refractivity (Wildman–Crippen MR) is 163 cm³/mol. The normalized spacial score (nSPS) is 20.8. The zero-order chi connectivity index (χ0) is 24.0. The molecule has 0 amide bonds. The van der Waals surface area contributed by atoms with Crippen LogP contribution in [0.1, 0.15) is 0 Å². The monoisotopic (exact) mass is 503 g/mol. The maximum atomic E-state index is 2.84. The van der Waals surface area contributed by atoms with Gasteiger partial charge in [-0.1, -0.05) is 0 Å². The zero-order valence-electron chi connectivity index (χ0n) is 20.3. The average Bonchev–Trinajstić information content (AvgIpc) is 3.51. The van der Waals surface area contributed by atoms with Crippen LogP contribution in [0.3, 0.4) is 0 Å². The van der Waals surface area contributed by atoms with E-state index in [1.165, 1.54) is 22.5 Å². The number of benzene rings is 5. The molecule has 178 valence electrons. The van der Waals surface area contributed by atoms with Crippen molar-refractivity contribution in [2.24, 2.45) is 0 Å². The molecule has 1 fully saturated rings. The Hall–Kier alpha value is -3.24. The molecule has 0 unspecified atom stereocenters. The van der Waals surface area contributed by atoms with Crippen molar-refractivity contribution < 1.29 is 0 Å². The quantitative estimate of drug-likeness (QED) is 0.304. The van der Waals surface area contributed by atoms with Crippen molar-refractivity contribution in [3.05, 3.63) is 146 Å². The summed E-state index contributed by atoms with van der Waals surface area (Å²) in [7, 11) is -4.67. The topological polar surface area (TPSA) is 3.24 Å². The van der Waals surface area contributed by atoms with E-state index in [1.807, 2.05) is 0 Å². The number of rotatable bonds is 4. The number of nitrogens with zero attached hydrogens (tertiary/aromatic N) is 1. The van der Waals surface area contributed by atoms with Gasteiger partial charge in [0.2, 0.25) is 0 Å². The summed E-state index contributed by atoms with van der Waals surface area (Å²) in [6.45, 7) is 1.12. The molecule has 5 aromatic carbocycles. The number of anilines is 1. The summed E-state index contributed by atoms with van der Waals surface area (Å²) in [5.74, 6) is 0. The first kappa shape index (κ1) is 22.0. The van der Waals surface area contributed by atoms with E-state index in [0.717, 1.165) is 6.54 Å². The van der Waals surface area contributed by atoms with Crippen LogP contribution in [0.2, 0.25) is 0 Å². The van der Waals surface area contributed by atoms with Gasteiger partial charge in [0.1, 0.15) is 0 Å². The molecule has 5 aromatic rings.